The van der Waals surface area contributed by atoms with E-state index in [9.17, 15) is 4.79 Å². The maximum absolute atomic E-state index is 11.6. The zero-order valence-electron chi connectivity index (χ0n) is 11.7. The van der Waals surface area contributed by atoms with Gasteiger partial charge in [0.15, 0.2) is 6.54 Å². The Morgan fingerprint density at radius 1 is 1.53 bits per heavy atom. The van der Waals surface area contributed by atoms with Crippen LogP contribution in [-0.2, 0) is 11.3 Å². The van der Waals surface area contributed by atoms with Crippen LogP contribution in [0.3, 0.4) is 0 Å². The highest BCUT2D eigenvalue weighted by atomic mass is 16.5. The van der Waals surface area contributed by atoms with Crippen LogP contribution in [0.1, 0.15) is 11.1 Å². The second-order valence-electron chi connectivity index (χ2n) is 4.61. The highest BCUT2D eigenvalue weighted by molar-refractivity contribution is 5.77. The topological polar surface area (TPSA) is 42.8 Å². The summed E-state index contributed by atoms with van der Waals surface area (Å²) >= 11 is 0. The lowest BCUT2D eigenvalue weighted by atomic mass is 10.1. The van der Waals surface area contributed by atoms with Crippen molar-refractivity contribution in [2.45, 2.75) is 13.5 Å². The Hall–Kier alpha value is -1.99. The Balaban J connectivity index is 2.61. The first kappa shape index (κ1) is 15.1. The lowest BCUT2D eigenvalue weighted by Gasteiger charge is -2.15. The number of hydrogen-bond donors (Lipinski definition) is 2. The van der Waals surface area contributed by atoms with Gasteiger partial charge in [0.2, 0.25) is 0 Å². The number of ether oxygens (including phenoxy) is 1. The third-order valence-corrected chi connectivity index (χ3v) is 2.78. The molecule has 2 N–H and O–H groups in total. The fourth-order valence-corrected chi connectivity index (χ4v) is 1.92. The van der Waals surface area contributed by atoms with Crippen molar-refractivity contribution in [3.63, 3.8) is 0 Å². The summed E-state index contributed by atoms with van der Waals surface area (Å²) in [5.41, 5.74) is 2.28. The molecule has 19 heavy (non-hydrogen) atoms. The highest BCUT2D eigenvalue weighted by Gasteiger charge is 2.12. The summed E-state index contributed by atoms with van der Waals surface area (Å²) in [6, 6.07) is 6.05. The van der Waals surface area contributed by atoms with Gasteiger partial charge in [-0.25, -0.2) is 0 Å². The Labute approximate surface area is 114 Å². The molecule has 0 aromatic heterocycles. The molecule has 1 aromatic carbocycles. The molecule has 1 unspecified atom stereocenters. The number of nitrogens with one attached hydrogen (secondary N) is 2. The molecular weight excluding hydrogens is 240 g/mol. The normalized spacial score (nSPS) is 11.5. The number of likely N-dealkylation sites (N-methyl/N-ethyl adjacent to an activating group) is 1. The van der Waals surface area contributed by atoms with Gasteiger partial charge in [0.25, 0.3) is 5.91 Å². The maximum atomic E-state index is 11.6. The van der Waals surface area contributed by atoms with Gasteiger partial charge in [0.1, 0.15) is 12.3 Å². The quantitative estimate of drug-likeness (QED) is 0.695. The number of hydrogen-bond acceptors (Lipinski definition) is 2. The van der Waals surface area contributed by atoms with Gasteiger partial charge in [-0.3, -0.25) is 4.79 Å². The molecule has 0 fully saturated rings. The van der Waals surface area contributed by atoms with Crippen LogP contribution in [0.15, 0.2) is 18.2 Å². The van der Waals surface area contributed by atoms with Crippen LogP contribution in [0.5, 0.6) is 5.75 Å². The van der Waals surface area contributed by atoms with Gasteiger partial charge >= 0.3 is 0 Å². The number of aryl methyl sites for hydroxylation is 1. The van der Waals surface area contributed by atoms with Crippen molar-refractivity contribution in [2.75, 3.05) is 27.2 Å². The zero-order chi connectivity index (χ0) is 14.3. The van der Waals surface area contributed by atoms with Crippen molar-refractivity contribution in [1.29, 1.82) is 0 Å². The van der Waals surface area contributed by atoms with Crippen molar-refractivity contribution < 1.29 is 14.4 Å². The Kier molecular flexibility index (Phi) is 5.91. The zero-order valence-corrected chi connectivity index (χ0v) is 11.7. The van der Waals surface area contributed by atoms with E-state index in [1.807, 2.05) is 26.1 Å². The van der Waals surface area contributed by atoms with Gasteiger partial charge in [0, 0.05) is 5.56 Å². The first-order valence-electron chi connectivity index (χ1n) is 6.21. The molecule has 0 aliphatic rings. The van der Waals surface area contributed by atoms with Crippen LogP contribution in [0.25, 0.3) is 0 Å². The van der Waals surface area contributed by atoms with Gasteiger partial charge in [-0.1, -0.05) is 17.6 Å². The van der Waals surface area contributed by atoms with Crippen molar-refractivity contribution in [1.82, 2.24) is 5.32 Å². The lowest BCUT2D eigenvalue weighted by Crippen LogP contribution is -3.08. The standard InChI is InChI=1S/C15H20N2O2/c1-5-8-16-15(18)11-17(3)10-13-9-12(2)6-7-14(13)19-4/h1,6-7,9H,8,10-11H2,2-4H3,(H,16,18)/p+1. The second-order valence-corrected chi connectivity index (χ2v) is 4.61. The van der Waals surface area contributed by atoms with E-state index < -0.39 is 0 Å². The number of carbonyl (C=O) groups excluding carboxylic acids is 1. The van der Waals surface area contributed by atoms with Crippen molar-refractivity contribution in [2.24, 2.45) is 0 Å². The molecule has 1 rings (SSSR count). The molecule has 102 valence electrons. The monoisotopic (exact) mass is 261 g/mol. The minimum absolute atomic E-state index is 0.0398. The van der Waals surface area contributed by atoms with Crippen LogP contribution in [0, 0.1) is 19.3 Å². The average molecular weight is 261 g/mol. The van der Waals surface area contributed by atoms with Crippen molar-refractivity contribution >= 4 is 5.91 Å². The maximum Gasteiger partial charge on any atom is 0.275 e. The predicted molar refractivity (Wildman–Crippen MR) is 75.0 cm³/mol. The molecule has 0 saturated carbocycles. The number of benzene rings is 1. The van der Waals surface area contributed by atoms with Crippen LogP contribution < -0.4 is 15.0 Å². The molecule has 0 bridgehead atoms. The first-order chi connectivity index (χ1) is 9.06. The van der Waals surface area contributed by atoms with Gasteiger partial charge in [-0.2, -0.15) is 0 Å². The largest absolute Gasteiger partial charge is 0.496 e. The molecule has 0 heterocycles. The smallest absolute Gasteiger partial charge is 0.275 e. The average Bonchev–Trinajstić information content (AvgIpc) is 2.36. The summed E-state index contributed by atoms with van der Waals surface area (Å²) in [5.74, 6) is 3.20. The molecular formula is C15H21N2O2+. The van der Waals surface area contributed by atoms with Crippen LogP contribution in [0.4, 0.5) is 0 Å². The van der Waals surface area contributed by atoms with E-state index in [4.69, 9.17) is 11.2 Å². The molecule has 4 nitrogen and oxygen atoms in total. The minimum atomic E-state index is -0.0398. The minimum Gasteiger partial charge on any atom is -0.496 e. The number of rotatable bonds is 6. The van der Waals surface area contributed by atoms with Crippen molar-refractivity contribution in [3.8, 4) is 18.1 Å². The van der Waals surface area contributed by atoms with E-state index in [1.165, 1.54) is 5.56 Å². The molecule has 0 radical (unpaired) electrons. The number of methoxy groups -OCH3 is 1. The number of quaternary nitrogens is 1. The summed E-state index contributed by atoms with van der Waals surface area (Å²) in [5, 5.41) is 2.66. The van der Waals surface area contributed by atoms with E-state index in [2.05, 4.69) is 17.3 Å². The van der Waals surface area contributed by atoms with Gasteiger partial charge in [-0.15, -0.1) is 6.42 Å². The fourth-order valence-electron chi connectivity index (χ4n) is 1.92. The van der Waals surface area contributed by atoms with E-state index in [0.29, 0.717) is 6.54 Å². The molecule has 1 aromatic rings. The molecule has 4 heteroatoms. The third kappa shape index (κ3) is 5.02. The molecule has 0 saturated heterocycles. The van der Waals surface area contributed by atoms with E-state index >= 15 is 0 Å². The predicted octanol–water partition coefficient (Wildman–Crippen LogP) is -0.232. The molecule has 0 aliphatic carbocycles. The number of terminal acetylenes is 1. The molecule has 1 atom stereocenters. The van der Waals surface area contributed by atoms with Crippen LogP contribution >= 0.6 is 0 Å². The number of carbonyl (C=O) groups is 1. The molecule has 0 aliphatic heterocycles. The summed E-state index contributed by atoms with van der Waals surface area (Å²) in [7, 11) is 3.63. The lowest BCUT2D eigenvalue weighted by molar-refractivity contribution is -0.885. The summed E-state index contributed by atoms with van der Waals surface area (Å²) in [4.78, 5) is 12.6. The molecule has 0 spiro atoms. The fraction of sp³-hybridized carbons (Fsp3) is 0.400. The second kappa shape index (κ2) is 7.45. The summed E-state index contributed by atoms with van der Waals surface area (Å²) in [6.45, 7) is 3.44. The highest BCUT2D eigenvalue weighted by Crippen LogP contribution is 2.18. The van der Waals surface area contributed by atoms with Crippen LogP contribution in [-0.4, -0.2) is 33.2 Å². The first-order valence-corrected chi connectivity index (χ1v) is 6.21. The van der Waals surface area contributed by atoms with Gasteiger partial charge in [-0.05, 0) is 19.1 Å². The third-order valence-electron chi connectivity index (χ3n) is 2.78. The summed E-state index contributed by atoms with van der Waals surface area (Å²) < 4.78 is 5.33. The van der Waals surface area contributed by atoms with E-state index in [-0.39, 0.29) is 12.5 Å². The summed E-state index contributed by atoms with van der Waals surface area (Å²) in [6.07, 6.45) is 5.10. The van der Waals surface area contributed by atoms with E-state index in [1.54, 1.807) is 7.11 Å². The molecule has 1 amide bonds. The Morgan fingerprint density at radius 2 is 2.26 bits per heavy atom. The number of amides is 1. The van der Waals surface area contributed by atoms with Gasteiger partial charge in [0.05, 0.1) is 20.7 Å². The van der Waals surface area contributed by atoms with Gasteiger partial charge < -0.3 is 15.0 Å². The SMILES string of the molecule is C#CCNC(=O)C[NH+](C)Cc1cc(C)ccc1OC. The Morgan fingerprint density at radius 3 is 2.89 bits per heavy atom. The van der Waals surface area contributed by atoms with Crippen molar-refractivity contribution in [3.05, 3.63) is 29.3 Å². The Bertz CT molecular complexity index is 478. The van der Waals surface area contributed by atoms with E-state index in [0.717, 1.165) is 22.8 Å². The van der Waals surface area contributed by atoms with Crippen LogP contribution in [0.2, 0.25) is 0 Å².